The SMILES string of the molecule is Cc1cccc2c(N=NC(=O)c3cccc(S(=O)(=O)N4CCCC4)c3)c(O)[nH]c12. The molecule has 0 saturated carbocycles. The molecule has 29 heavy (non-hydrogen) atoms. The Morgan fingerprint density at radius 3 is 2.62 bits per heavy atom. The van der Waals surface area contributed by atoms with Gasteiger partial charge in [0.2, 0.25) is 15.9 Å². The van der Waals surface area contributed by atoms with Gasteiger partial charge in [0.25, 0.3) is 5.91 Å². The predicted octanol–water partition coefficient (Wildman–Crippen LogP) is 3.89. The molecule has 1 fully saturated rings. The zero-order chi connectivity index (χ0) is 20.6. The molecule has 8 nitrogen and oxygen atoms in total. The van der Waals surface area contributed by atoms with Gasteiger partial charge in [-0.2, -0.15) is 4.31 Å². The highest BCUT2D eigenvalue weighted by Crippen LogP contribution is 2.36. The first-order chi connectivity index (χ1) is 13.9. The Balaban J connectivity index is 1.63. The lowest BCUT2D eigenvalue weighted by molar-refractivity contribution is 0.0995. The van der Waals surface area contributed by atoms with Crippen LogP contribution in [0.15, 0.2) is 57.6 Å². The maximum atomic E-state index is 12.7. The summed E-state index contributed by atoms with van der Waals surface area (Å²) in [6.07, 6.45) is 1.67. The fourth-order valence-electron chi connectivity index (χ4n) is 3.46. The Kier molecular flexibility index (Phi) is 4.93. The number of nitrogens with zero attached hydrogens (tertiary/aromatic N) is 3. The monoisotopic (exact) mass is 412 g/mol. The van der Waals surface area contributed by atoms with Gasteiger partial charge >= 0.3 is 0 Å². The number of fused-ring (bicyclic) bond motifs is 1. The van der Waals surface area contributed by atoms with Gasteiger partial charge in [-0.05, 0) is 43.5 Å². The molecule has 2 aromatic carbocycles. The molecule has 0 bridgehead atoms. The van der Waals surface area contributed by atoms with E-state index in [4.69, 9.17) is 0 Å². The average Bonchev–Trinajstić information content (AvgIpc) is 3.36. The topological polar surface area (TPSA) is 115 Å². The van der Waals surface area contributed by atoms with Crippen LogP contribution >= 0.6 is 0 Å². The minimum Gasteiger partial charge on any atom is -0.493 e. The van der Waals surface area contributed by atoms with Gasteiger partial charge in [0.05, 0.1) is 10.4 Å². The highest BCUT2D eigenvalue weighted by molar-refractivity contribution is 7.89. The lowest BCUT2D eigenvalue weighted by atomic mass is 10.1. The van der Waals surface area contributed by atoms with Crippen LogP contribution in [0.1, 0.15) is 28.8 Å². The summed E-state index contributed by atoms with van der Waals surface area (Å²) >= 11 is 0. The van der Waals surface area contributed by atoms with Crippen LogP contribution in [0.25, 0.3) is 10.9 Å². The molecule has 0 spiro atoms. The maximum Gasteiger partial charge on any atom is 0.295 e. The Morgan fingerprint density at radius 2 is 1.86 bits per heavy atom. The second kappa shape index (κ2) is 7.41. The van der Waals surface area contributed by atoms with Crippen molar-refractivity contribution in [1.29, 1.82) is 0 Å². The van der Waals surface area contributed by atoms with E-state index in [0.29, 0.717) is 24.0 Å². The molecule has 4 rings (SSSR count). The highest BCUT2D eigenvalue weighted by atomic mass is 32.2. The van der Waals surface area contributed by atoms with Gasteiger partial charge in [-0.3, -0.25) is 4.79 Å². The number of amides is 1. The molecule has 0 aliphatic carbocycles. The van der Waals surface area contributed by atoms with Crippen LogP contribution in [0.4, 0.5) is 5.69 Å². The molecular formula is C20H20N4O4S. The molecular weight excluding hydrogens is 392 g/mol. The number of rotatable bonds is 4. The molecule has 1 aliphatic heterocycles. The molecule has 2 N–H and O–H groups in total. The summed E-state index contributed by atoms with van der Waals surface area (Å²) in [5, 5.41) is 18.4. The third-order valence-electron chi connectivity index (χ3n) is 5.02. The van der Waals surface area contributed by atoms with Crippen molar-refractivity contribution in [3.05, 3.63) is 53.6 Å². The molecule has 1 saturated heterocycles. The van der Waals surface area contributed by atoms with E-state index in [1.165, 1.54) is 28.6 Å². The van der Waals surface area contributed by atoms with E-state index in [1.54, 1.807) is 6.07 Å². The van der Waals surface area contributed by atoms with Crippen LogP contribution in [-0.4, -0.2) is 41.8 Å². The van der Waals surface area contributed by atoms with Crippen LogP contribution < -0.4 is 0 Å². The first kappa shape index (κ1) is 19.3. The van der Waals surface area contributed by atoms with Crippen LogP contribution in [0.3, 0.4) is 0 Å². The summed E-state index contributed by atoms with van der Waals surface area (Å²) in [6, 6.07) is 11.3. The summed E-state index contributed by atoms with van der Waals surface area (Å²) in [7, 11) is -3.63. The van der Waals surface area contributed by atoms with Gasteiger partial charge in [-0.15, -0.1) is 10.2 Å². The van der Waals surface area contributed by atoms with Crippen molar-refractivity contribution in [3.63, 3.8) is 0 Å². The minimum absolute atomic E-state index is 0.0611. The van der Waals surface area contributed by atoms with Crippen molar-refractivity contribution in [1.82, 2.24) is 9.29 Å². The molecule has 1 aliphatic rings. The van der Waals surface area contributed by atoms with Crippen LogP contribution in [0, 0.1) is 6.92 Å². The van der Waals surface area contributed by atoms with Crippen molar-refractivity contribution in [3.8, 4) is 5.88 Å². The molecule has 1 aromatic heterocycles. The van der Waals surface area contributed by atoms with Gasteiger partial charge < -0.3 is 10.1 Å². The molecule has 9 heteroatoms. The fraction of sp³-hybridized carbons (Fsp3) is 0.250. The molecule has 0 atom stereocenters. The number of hydrogen-bond acceptors (Lipinski definition) is 5. The third kappa shape index (κ3) is 3.54. The van der Waals surface area contributed by atoms with Gasteiger partial charge in [0.1, 0.15) is 0 Å². The number of benzene rings is 2. The number of sulfonamides is 1. The van der Waals surface area contributed by atoms with Crippen LogP contribution in [-0.2, 0) is 10.0 Å². The zero-order valence-electron chi connectivity index (χ0n) is 15.8. The molecule has 0 radical (unpaired) electrons. The van der Waals surface area contributed by atoms with E-state index in [1.807, 2.05) is 19.1 Å². The molecule has 150 valence electrons. The Labute approximate surface area is 167 Å². The second-order valence-electron chi connectivity index (χ2n) is 6.96. The van der Waals surface area contributed by atoms with Crippen LogP contribution in [0.2, 0.25) is 0 Å². The number of aryl methyl sites for hydroxylation is 1. The number of hydrogen-bond donors (Lipinski definition) is 2. The largest absolute Gasteiger partial charge is 0.493 e. The van der Waals surface area contributed by atoms with Gasteiger partial charge in [-0.25, -0.2) is 8.42 Å². The number of H-pyrrole nitrogens is 1. The number of aromatic amines is 1. The van der Waals surface area contributed by atoms with Crippen molar-refractivity contribution in [2.24, 2.45) is 10.2 Å². The number of carbonyl (C=O) groups excluding carboxylic acids is 1. The van der Waals surface area contributed by atoms with Gasteiger partial charge in [-0.1, -0.05) is 24.3 Å². The summed E-state index contributed by atoms with van der Waals surface area (Å²) < 4.78 is 26.8. The van der Waals surface area contributed by atoms with E-state index in [2.05, 4.69) is 15.2 Å². The predicted molar refractivity (Wildman–Crippen MR) is 108 cm³/mol. The fourth-order valence-corrected chi connectivity index (χ4v) is 5.02. The quantitative estimate of drug-likeness (QED) is 0.633. The number of aromatic hydroxyl groups is 1. The normalized spacial score (nSPS) is 15.5. The summed E-state index contributed by atoms with van der Waals surface area (Å²) in [5.74, 6) is -0.874. The van der Waals surface area contributed by atoms with Gasteiger partial charge in [0.15, 0.2) is 5.69 Å². The first-order valence-corrected chi connectivity index (χ1v) is 10.7. The summed E-state index contributed by atoms with van der Waals surface area (Å²) in [5.41, 5.74) is 1.91. The standard InChI is InChI=1S/C20H20N4O4S/c1-13-6-4-9-16-17(13)21-20(26)18(16)22-23-19(25)14-7-5-8-15(12-14)29(27,28)24-10-2-3-11-24/h4-9,12,21,26H,2-3,10-11H2,1H3. The molecule has 3 aromatic rings. The van der Waals surface area contributed by atoms with E-state index < -0.39 is 15.9 Å². The van der Waals surface area contributed by atoms with Crippen molar-refractivity contribution in [2.75, 3.05) is 13.1 Å². The lowest BCUT2D eigenvalue weighted by Crippen LogP contribution is -2.27. The van der Waals surface area contributed by atoms with Crippen LogP contribution in [0.5, 0.6) is 5.88 Å². The lowest BCUT2D eigenvalue weighted by Gasteiger charge is -2.15. The smallest absolute Gasteiger partial charge is 0.295 e. The molecule has 0 unspecified atom stereocenters. The zero-order valence-corrected chi connectivity index (χ0v) is 16.6. The van der Waals surface area contributed by atoms with E-state index in [9.17, 15) is 18.3 Å². The highest BCUT2D eigenvalue weighted by Gasteiger charge is 2.27. The first-order valence-electron chi connectivity index (χ1n) is 9.24. The summed E-state index contributed by atoms with van der Waals surface area (Å²) in [6.45, 7) is 2.86. The number of azo groups is 1. The number of carbonyl (C=O) groups is 1. The van der Waals surface area contributed by atoms with Gasteiger partial charge in [0, 0.05) is 24.0 Å². The van der Waals surface area contributed by atoms with E-state index >= 15 is 0 Å². The maximum absolute atomic E-state index is 12.7. The number of aromatic nitrogens is 1. The average molecular weight is 412 g/mol. The van der Waals surface area contributed by atoms with Crippen molar-refractivity contribution in [2.45, 2.75) is 24.7 Å². The second-order valence-corrected chi connectivity index (χ2v) is 8.90. The van der Waals surface area contributed by atoms with Crippen molar-refractivity contribution < 1.29 is 18.3 Å². The Hall–Kier alpha value is -3.04. The third-order valence-corrected chi connectivity index (χ3v) is 6.91. The van der Waals surface area contributed by atoms with Crippen molar-refractivity contribution >= 4 is 32.5 Å². The number of para-hydroxylation sites is 1. The number of nitrogens with one attached hydrogen (secondary N) is 1. The van der Waals surface area contributed by atoms with E-state index in [-0.39, 0.29) is 22.0 Å². The van der Waals surface area contributed by atoms with E-state index in [0.717, 1.165) is 18.4 Å². The Bertz CT molecular complexity index is 1220. The minimum atomic E-state index is -3.63. The summed E-state index contributed by atoms with van der Waals surface area (Å²) in [4.78, 5) is 15.4. The molecule has 1 amide bonds. The Morgan fingerprint density at radius 1 is 1.14 bits per heavy atom. The molecule has 2 heterocycles.